The highest BCUT2D eigenvalue weighted by atomic mass is 79.9. The third-order valence-electron chi connectivity index (χ3n) is 2.65. The number of nitrogens with one attached hydrogen (secondary N) is 1. The molecule has 1 aromatic rings. The lowest BCUT2D eigenvalue weighted by atomic mass is 10.0. The Balaban J connectivity index is 2.66. The van der Waals surface area contributed by atoms with E-state index in [2.05, 4.69) is 46.4 Å². The van der Waals surface area contributed by atoms with Crippen molar-refractivity contribution in [3.8, 4) is 0 Å². The Morgan fingerprint density at radius 2 is 2.20 bits per heavy atom. The van der Waals surface area contributed by atoms with Crippen molar-refractivity contribution in [1.82, 2.24) is 5.32 Å². The Labute approximate surface area is 100 Å². The highest BCUT2D eigenvalue weighted by molar-refractivity contribution is 9.10. The Morgan fingerprint density at radius 1 is 1.47 bits per heavy atom. The van der Waals surface area contributed by atoms with Crippen LogP contribution in [0.5, 0.6) is 0 Å². The van der Waals surface area contributed by atoms with Gasteiger partial charge in [-0.2, -0.15) is 0 Å². The van der Waals surface area contributed by atoms with Gasteiger partial charge in [0.05, 0.1) is 6.10 Å². The molecule has 0 aliphatic carbocycles. The zero-order valence-corrected chi connectivity index (χ0v) is 11.0. The van der Waals surface area contributed by atoms with Gasteiger partial charge in [0.15, 0.2) is 0 Å². The molecule has 2 unspecified atom stereocenters. The van der Waals surface area contributed by atoms with Crippen molar-refractivity contribution in [2.45, 2.75) is 25.5 Å². The second kappa shape index (κ2) is 6.26. The average molecular weight is 272 g/mol. The zero-order chi connectivity index (χ0) is 11.3. The molecule has 84 valence electrons. The van der Waals surface area contributed by atoms with Gasteiger partial charge in [-0.15, -0.1) is 0 Å². The van der Waals surface area contributed by atoms with Gasteiger partial charge in [-0.25, -0.2) is 0 Å². The number of likely N-dealkylation sites (N-methyl/N-ethyl adjacent to an activating group) is 1. The molecule has 1 rings (SSSR count). The van der Waals surface area contributed by atoms with Crippen LogP contribution in [0.3, 0.4) is 0 Å². The van der Waals surface area contributed by atoms with Crippen LogP contribution in [-0.2, 0) is 11.2 Å². The summed E-state index contributed by atoms with van der Waals surface area (Å²) < 4.78 is 6.46. The maximum absolute atomic E-state index is 5.33. The highest BCUT2D eigenvalue weighted by Gasteiger charge is 2.14. The molecule has 0 saturated heterocycles. The van der Waals surface area contributed by atoms with Crippen molar-refractivity contribution >= 4 is 15.9 Å². The summed E-state index contributed by atoms with van der Waals surface area (Å²) in [6.45, 7) is 2.08. The number of halogens is 1. The molecular formula is C12H18BrNO. The summed E-state index contributed by atoms with van der Waals surface area (Å²) in [5, 5.41) is 3.28. The maximum Gasteiger partial charge on any atom is 0.0699 e. The SMILES string of the molecule is CNC(Cc1cccc(Br)c1)C(C)OC. The van der Waals surface area contributed by atoms with E-state index in [9.17, 15) is 0 Å². The molecule has 2 atom stereocenters. The monoisotopic (exact) mass is 271 g/mol. The summed E-state index contributed by atoms with van der Waals surface area (Å²) in [6, 6.07) is 8.73. The van der Waals surface area contributed by atoms with E-state index in [1.807, 2.05) is 13.1 Å². The lowest BCUT2D eigenvalue weighted by molar-refractivity contribution is 0.0857. The number of methoxy groups -OCH3 is 1. The normalized spacial score (nSPS) is 14.9. The molecule has 0 spiro atoms. The summed E-state index contributed by atoms with van der Waals surface area (Å²) in [5.74, 6) is 0. The number of rotatable bonds is 5. The predicted molar refractivity (Wildman–Crippen MR) is 67.2 cm³/mol. The number of hydrogen-bond acceptors (Lipinski definition) is 2. The lowest BCUT2D eigenvalue weighted by Crippen LogP contribution is -2.38. The van der Waals surface area contributed by atoms with E-state index in [4.69, 9.17) is 4.74 Å². The molecule has 15 heavy (non-hydrogen) atoms. The van der Waals surface area contributed by atoms with E-state index in [0.717, 1.165) is 10.9 Å². The Bertz CT molecular complexity index is 303. The summed E-state index contributed by atoms with van der Waals surface area (Å²) in [4.78, 5) is 0. The third-order valence-corrected chi connectivity index (χ3v) is 3.15. The molecule has 0 bridgehead atoms. The molecular weight excluding hydrogens is 254 g/mol. The van der Waals surface area contributed by atoms with Gasteiger partial charge in [-0.1, -0.05) is 28.1 Å². The third kappa shape index (κ3) is 3.93. The fourth-order valence-corrected chi connectivity index (χ4v) is 2.03. The fourth-order valence-electron chi connectivity index (χ4n) is 1.58. The second-order valence-corrected chi connectivity index (χ2v) is 4.59. The van der Waals surface area contributed by atoms with Gasteiger partial charge in [0, 0.05) is 17.6 Å². The summed E-state index contributed by atoms with van der Waals surface area (Å²) >= 11 is 3.48. The molecule has 0 fully saturated rings. The van der Waals surface area contributed by atoms with Crippen LogP contribution >= 0.6 is 15.9 Å². The first-order chi connectivity index (χ1) is 7.17. The summed E-state index contributed by atoms with van der Waals surface area (Å²) in [7, 11) is 3.72. The lowest BCUT2D eigenvalue weighted by Gasteiger charge is -2.22. The van der Waals surface area contributed by atoms with Gasteiger partial charge in [0.2, 0.25) is 0 Å². The van der Waals surface area contributed by atoms with Crippen LogP contribution in [0, 0.1) is 0 Å². The molecule has 0 aliphatic rings. The second-order valence-electron chi connectivity index (χ2n) is 3.67. The quantitative estimate of drug-likeness (QED) is 0.889. The first-order valence-electron chi connectivity index (χ1n) is 5.12. The van der Waals surface area contributed by atoms with Crippen molar-refractivity contribution in [3.63, 3.8) is 0 Å². The Morgan fingerprint density at radius 3 is 2.73 bits per heavy atom. The molecule has 0 aromatic heterocycles. The standard InChI is InChI=1S/C12H18BrNO/c1-9(15-3)12(14-2)8-10-5-4-6-11(13)7-10/h4-7,9,12,14H,8H2,1-3H3. The van der Waals surface area contributed by atoms with Crippen LogP contribution < -0.4 is 5.32 Å². The molecule has 0 aliphatic heterocycles. The van der Waals surface area contributed by atoms with Crippen LogP contribution in [-0.4, -0.2) is 26.3 Å². The van der Waals surface area contributed by atoms with Crippen molar-refractivity contribution in [3.05, 3.63) is 34.3 Å². The van der Waals surface area contributed by atoms with Gasteiger partial charge in [0.1, 0.15) is 0 Å². The topological polar surface area (TPSA) is 21.3 Å². The van der Waals surface area contributed by atoms with Crippen LogP contribution in [0.4, 0.5) is 0 Å². The minimum Gasteiger partial charge on any atom is -0.380 e. The number of hydrogen-bond donors (Lipinski definition) is 1. The van der Waals surface area contributed by atoms with Crippen LogP contribution in [0.25, 0.3) is 0 Å². The molecule has 2 nitrogen and oxygen atoms in total. The van der Waals surface area contributed by atoms with Gasteiger partial charge in [-0.3, -0.25) is 0 Å². The van der Waals surface area contributed by atoms with E-state index >= 15 is 0 Å². The summed E-state index contributed by atoms with van der Waals surface area (Å²) in [6.07, 6.45) is 1.19. The van der Waals surface area contributed by atoms with Gasteiger partial charge < -0.3 is 10.1 Å². The fraction of sp³-hybridized carbons (Fsp3) is 0.500. The molecule has 0 amide bonds. The predicted octanol–water partition coefficient (Wildman–Crippen LogP) is 2.61. The summed E-state index contributed by atoms with van der Waals surface area (Å²) in [5.41, 5.74) is 1.31. The van der Waals surface area contributed by atoms with Gasteiger partial charge in [0.25, 0.3) is 0 Å². The van der Waals surface area contributed by atoms with Crippen LogP contribution in [0.1, 0.15) is 12.5 Å². The molecule has 1 aromatic carbocycles. The van der Waals surface area contributed by atoms with E-state index in [-0.39, 0.29) is 6.10 Å². The molecule has 0 saturated carbocycles. The molecule has 3 heteroatoms. The van der Waals surface area contributed by atoms with E-state index in [1.54, 1.807) is 7.11 Å². The average Bonchev–Trinajstić information content (AvgIpc) is 2.25. The Kier molecular flexibility index (Phi) is 5.29. The maximum atomic E-state index is 5.33. The number of benzene rings is 1. The number of ether oxygens (including phenoxy) is 1. The molecule has 1 N–H and O–H groups in total. The zero-order valence-electron chi connectivity index (χ0n) is 9.46. The largest absolute Gasteiger partial charge is 0.380 e. The molecule has 0 radical (unpaired) electrons. The van der Waals surface area contributed by atoms with Crippen LogP contribution in [0.15, 0.2) is 28.7 Å². The van der Waals surface area contributed by atoms with E-state index in [1.165, 1.54) is 5.56 Å². The van der Waals surface area contributed by atoms with Gasteiger partial charge >= 0.3 is 0 Å². The van der Waals surface area contributed by atoms with Crippen molar-refractivity contribution < 1.29 is 4.74 Å². The van der Waals surface area contributed by atoms with Crippen molar-refractivity contribution in [1.29, 1.82) is 0 Å². The Hall–Kier alpha value is -0.380. The first kappa shape index (κ1) is 12.7. The minimum absolute atomic E-state index is 0.217. The molecule has 0 heterocycles. The van der Waals surface area contributed by atoms with E-state index < -0.39 is 0 Å². The van der Waals surface area contributed by atoms with E-state index in [0.29, 0.717) is 6.04 Å². The highest BCUT2D eigenvalue weighted by Crippen LogP contribution is 2.14. The van der Waals surface area contributed by atoms with Gasteiger partial charge in [-0.05, 0) is 38.1 Å². The first-order valence-corrected chi connectivity index (χ1v) is 5.91. The van der Waals surface area contributed by atoms with Crippen molar-refractivity contribution in [2.75, 3.05) is 14.2 Å². The van der Waals surface area contributed by atoms with Crippen LogP contribution in [0.2, 0.25) is 0 Å². The van der Waals surface area contributed by atoms with Crippen molar-refractivity contribution in [2.24, 2.45) is 0 Å². The minimum atomic E-state index is 0.217. The smallest absolute Gasteiger partial charge is 0.0699 e.